The highest BCUT2D eigenvalue weighted by Crippen LogP contribution is 2.29. The highest BCUT2D eigenvalue weighted by Gasteiger charge is 2.09. The molecule has 0 aliphatic heterocycles. The number of hydrogen-bond donors (Lipinski definition) is 1. The van der Waals surface area contributed by atoms with E-state index in [1.165, 1.54) is 5.56 Å². The second-order valence-corrected chi connectivity index (χ2v) is 8.48. The first kappa shape index (κ1) is 21.6. The number of pyridine rings is 2. The highest BCUT2D eigenvalue weighted by molar-refractivity contribution is 6.08. The summed E-state index contributed by atoms with van der Waals surface area (Å²) >= 11 is 0. The molecule has 3 aromatic carbocycles. The Hall–Kier alpha value is -4.25. The second kappa shape index (κ2) is 9.32. The third kappa shape index (κ3) is 4.46. The number of hydrogen-bond acceptors (Lipinski definition) is 5. The van der Waals surface area contributed by atoms with Crippen LogP contribution in [0.2, 0.25) is 0 Å². The Kier molecular flexibility index (Phi) is 5.91. The van der Waals surface area contributed by atoms with Crippen LogP contribution >= 0.6 is 0 Å². The quantitative estimate of drug-likeness (QED) is 0.245. The largest absolute Gasteiger partial charge is 0.457 e. The van der Waals surface area contributed by atoms with Crippen LogP contribution in [0.1, 0.15) is 22.3 Å². The Balaban J connectivity index is 1.33. The van der Waals surface area contributed by atoms with Crippen molar-refractivity contribution in [1.82, 2.24) is 9.97 Å². The van der Waals surface area contributed by atoms with Crippen molar-refractivity contribution in [3.63, 3.8) is 0 Å². The normalized spacial score (nSPS) is 11.1. The molecule has 0 saturated carbocycles. The van der Waals surface area contributed by atoms with E-state index in [-0.39, 0.29) is 0 Å². The molecule has 0 aliphatic rings. The van der Waals surface area contributed by atoms with Crippen LogP contribution in [0, 0.1) is 6.92 Å². The van der Waals surface area contributed by atoms with Crippen molar-refractivity contribution in [3.05, 3.63) is 101 Å². The van der Waals surface area contributed by atoms with Crippen LogP contribution in [-0.2, 0) is 24.1 Å². The Bertz CT molecular complexity index is 1490. The third-order valence-corrected chi connectivity index (χ3v) is 6.00. The van der Waals surface area contributed by atoms with Crippen molar-refractivity contribution in [1.29, 1.82) is 0 Å². The molecule has 34 heavy (non-hydrogen) atoms. The molecular weight excluding hydrogens is 422 g/mol. The van der Waals surface area contributed by atoms with E-state index in [1.807, 2.05) is 42.6 Å². The predicted octanol–water partition coefficient (Wildman–Crippen LogP) is 5.99. The maximum atomic E-state index is 10.9. The lowest BCUT2D eigenvalue weighted by molar-refractivity contribution is -0.107. The van der Waals surface area contributed by atoms with Gasteiger partial charge in [0.15, 0.2) is 5.82 Å². The van der Waals surface area contributed by atoms with E-state index in [0.717, 1.165) is 63.4 Å². The lowest BCUT2D eigenvalue weighted by Crippen LogP contribution is -1.98. The number of benzene rings is 3. The van der Waals surface area contributed by atoms with E-state index in [0.29, 0.717) is 18.0 Å². The molecule has 0 spiro atoms. The van der Waals surface area contributed by atoms with E-state index in [4.69, 9.17) is 10.5 Å². The van der Waals surface area contributed by atoms with E-state index in [9.17, 15) is 4.79 Å². The molecule has 0 unspecified atom stereocenters. The van der Waals surface area contributed by atoms with Gasteiger partial charge in [-0.05, 0) is 66.8 Å². The van der Waals surface area contributed by atoms with Crippen molar-refractivity contribution in [2.45, 2.75) is 26.2 Å². The minimum atomic E-state index is 0.338. The molecule has 5 heteroatoms. The van der Waals surface area contributed by atoms with Gasteiger partial charge in [0.25, 0.3) is 0 Å². The van der Waals surface area contributed by atoms with Gasteiger partial charge in [-0.2, -0.15) is 0 Å². The van der Waals surface area contributed by atoms with Gasteiger partial charge in [-0.1, -0.05) is 42.5 Å². The summed E-state index contributed by atoms with van der Waals surface area (Å²) in [6.45, 7) is 2.05. The number of carbonyl (C=O) groups is 1. The summed E-state index contributed by atoms with van der Waals surface area (Å²) in [5, 5.41) is 2.11. The first-order chi connectivity index (χ1) is 16.6. The number of nitrogens with zero attached hydrogens (tertiary/aromatic N) is 2. The van der Waals surface area contributed by atoms with Crippen LogP contribution in [0.25, 0.3) is 21.8 Å². The summed E-state index contributed by atoms with van der Waals surface area (Å²) in [5.74, 6) is 1.92. The van der Waals surface area contributed by atoms with Crippen molar-refractivity contribution in [2.75, 3.05) is 5.73 Å². The first-order valence-electron chi connectivity index (χ1n) is 11.3. The summed E-state index contributed by atoms with van der Waals surface area (Å²) < 4.78 is 6.00. The Labute approximate surface area is 198 Å². The lowest BCUT2D eigenvalue weighted by Gasteiger charge is -2.11. The number of nitrogen functional groups attached to an aromatic ring is 1. The molecule has 0 aliphatic carbocycles. The van der Waals surface area contributed by atoms with Crippen molar-refractivity contribution >= 4 is 33.9 Å². The molecular formula is C29H25N3O2. The number of aryl methyl sites for hydroxylation is 3. The number of para-hydroxylation sites is 1. The van der Waals surface area contributed by atoms with Crippen LogP contribution < -0.4 is 10.5 Å². The topological polar surface area (TPSA) is 78.1 Å². The molecule has 0 amide bonds. The van der Waals surface area contributed by atoms with Crippen LogP contribution in [0.5, 0.6) is 11.5 Å². The van der Waals surface area contributed by atoms with E-state index < -0.39 is 0 Å². The number of aromatic nitrogens is 2. The van der Waals surface area contributed by atoms with E-state index in [1.54, 1.807) is 0 Å². The summed E-state index contributed by atoms with van der Waals surface area (Å²) in [7, 11) is 0. The van der Waals surface area contributed by atoms with Crippen molar-refractivity contribution in [2.24, 2.45) is 0 Å². The maximum Gasteiger partial charge on any atom is 0.150 e. The van der Waals surface area contributed by atoms with Crippen molar-refractivity contribution in [3.8, 4) is 11.5 Å². The Morgan fingerprint density at radius 2 is 1.71 bits per heavy atom. The van der Waals surface area contributed by atoms with Crippen molar-refractivity contribution < 1.29 is 9.53 Å². The smallest absolute Gasteiger partial charge is 0.150 e. The maximum absolute atomic E-state index is 10.9. The van der Waals surface area contributed by atoms with Gasteiger partial charge in [0, 0.05) is 29.0 Å². The monoisotopic (exact) mass is 447 g/mol. The molecule has 5 rings (SSSR count). The van der Waals surface area contributed by atoms with Crippen LogP contribution in [0.15, 0.2) is 79.0 Å². The molecule has 0 saturated heterocycles. The molecule has 0 radical (unpaired) electrons. The zero-order valence-corrected chi connectivity index (χ0v) is 19.0. The van der Waals surface area contributed by atoms with Gasteiger partial charge in [-0.15, -0.1) is 0 Å². The molecule has 5 nitrogen and oxygen atoms in total. The third-order valence-electron chi connectivity index (χ3n) is 6.00. The van der Waals surface area contributed by atoms with Gasteiger partial charge in [0.1, 0.15) is 23.3 Å². The number of fused-ring (bicyclic) bond motifs is 3. The molecule has 168 valence electrons. The Morgan fingerprint density at radius 1 is 0.912 bits per heavy atom. The van der Waals surface area contributed by atoms with Gasteiger partial charge in [0.2, 0.25) is 0 Å². The fraction of sp³-hybridized carbons (Fsp3) is 0.138. The molecule has 0 atom stereocenters. The molecule has 5 aromatic rings. The van der Waals surface area contributed by atoms with Gasteiger partial charge in [-0.3, -0.25) is 4.98 Å². The van der Waals surface area contributed by atoms with Gasteiger partial charge in [0.05, 0.1) is 5.52 Å². The molecule has 2 N–H and O–H groups in total. The average Bonchev–Trinajstić information content (AvgIpc) is 2.85. The van der Waals surface area contributed by atoms with E-state index in [2.05, 4.69) is 53.3 Å². The first-order valence-corrected chi connectivity index (χ1v) is 11.3. The molecule has 0 fully saturated rings. The summed E-state index contributed by atoms with van der Waals surface area (Å²) in [6, 6.07) is 24.1. The number of ether oxygens (including phenoxy) is 1. The minimum absolute atomic E-state index is 0.338. The molecule has 2 heterocycles. The van der Waals surface area contributed by atoms with Crippen LogP contribution in [0.3, 0.4) is 0 Å². The fourth-order valence-electron chi connectivity index (χ4n) is 4.20. The highest BCUT2D eigenvalue weighted by atomic mass is 16.5. The number of carbonyl (C=O) groups excluding carboxylic acids is 1. The minimum Gasteiger partial charge on any atom is -0.457 e. The summed E-state index contributed by atoms with van der Waals surface area (Å²) in [6.07, 6.45) is 4.86. The SMILES string of the molecule is Cc1ccc2c(c1)nc(N)c1ncc(CCc3ccc(Oc4ccccc4CC=O)cc3)cc12. The fourth-order valence-corrected chi connectivity index (χ4v) is 4.20. The Morgan fingerprint density at radius 3 is 2.53 bits per heavy atom. The van der Waals surface area contributed by atoms with Gasteiger partial charge < -0.3 is 15.3 Å². The number of aldehydes is 1. The number of nitrogens with two attached hydrogens (primary N) is 1. The summed E-state index contributed by atoms with van der Waals surface area (Å²) in [5.41, 5.74) is 12.2. The number of anilines is 1. The molecule has 2 aromatic heterocycles. The summed E-state index contributed by atoms with van der Waals surface area (Å²) in [4.78, 5) is 20.1. The average molecular weight is 448 g/mol. The van der Waals surface area contributed by atoms with Gasteiger partial charge in [-0.25, -0.2) is 4.98 Å². The van der Waals surface area contributed by atoms with Crippen LogP contribution in [0.4, 0.5) is 5.82 Å². The van der Waals surface area contributed by atoms with E-state index >= 15 is 0 Å². The van der Waals surface area contributed by atoms with Crippen LogP contribution in [-0.4, -0.2) is 16.3 Å². The lowest BCUT2D eigenvalue weighted by atomic mass is 10.0. The predicted molar refractivity (Wildman–Crippen MR) is 136 cm³/mol. The van der Waals surface area contributed by atoms with Gasteiger partial charge >= 0.3 is 0 Å². The zero-order chi connectivity index (χ0) is 23.5. The standard InChI is InChI=1S/C29H25N3O2/c1-19-6-13-24-25-17-21(18-31-28(25)29(30)32-26(24)16-19)8-7-20-9-11-23(12-10-20)34-27-5-3-2-4-22(27)14-15-33/h2-6,9-13,15-18H,7-8,14H2,1H3,(H2,30,32). The zero-order valence-electron chi connectivity index (χ0n) is 19.0. The second-order valence-electron chi connectivity index (χ2n) is 8.48. The number of rotatable bonds is 7. The molecule has 0 bridgehead atoms.